The molecule has 1 aliphatic carbocycles. The second-order valence-corrected chi connectivity index (χ2v) is 6.99. The number of hydrogen-bond acceptors (Lipinski definition) is 3. The summed E-state index contributed by atoms with van der Waals surface area (Å²) in [7, 11) is 0. The molecule has 2 N–H and O–H groups in total. The third-order valence-electron chi connectivity index (χ3n) is 5.72. The van der Waals surface area contributed by atoms with Crippen molar-refractivity contribution in [3.8, 4) is 0 Å². The zero-order valence-electron chi connectivity index (χ0n) is 13.8. The van der Waals surface area contributed by atoms with Crippen LogP contribution in [0, 0.1) is 11.8 Å². The third kappa shape index (κ3) is 2.22. The van der Waals surface area contributed by atoms with Gasteiger partial charge in [-0.1, -0.05) is 19.4 Å². The first-order valence-electron chi connectivity index (χ1n) is 8.70. The van der Waals surface area contributed by atoms with Gasteiger partial charge < -0.3 is 15.1 Å². The minimum absolute atomic E-state index is 0.139. The smallest absolute Gasteiger partial charge is 0.258 e. The molecule has 2 aliphatic rings. The first-order chi connectivity index (χ1) is 11.6. The minimum atomic E-state index is -0.482. The SMILES string of the molecule is CCc1ccc2occ(C(=O)N3C[C@@H]4CCC[C@@H]4[C@H]3C(N)=O)c2c1. The monoisotopic (exact) mass is 326 g/mol. The maximum atomic E-state index is 13.1. The lowest BCUT2D eigenvalue weighted by molar-refractivity contribution is -0.122. The molecule has 5 heteroatoms. The van der Waals surface area contributed by atoms with Crippen molar-refractivity contribution in [2.75, 3.05) is 6.54 Å². The van der Waals surface area contributed by atoms with Gasteiger partial charge >= 0.3 is 0 Å². The Hall–Kier alpha value is -2.30. The molecule has 2 heterocycles. The van der Waals surface area contributed by atoms with E-state index in [1.165, 1.54) is 6.26 Å². The van der Waals surface area contributed by atoms with E-state index in [4.69, 9.17) is 10.2 Å². The van der Waals surface area contributed by atoms with Gasteiger partial charge in [0, 0.05) is 11.9 Å². The molecule has 5 nitrogen and oxygen atoms in total. The van der Waals surface area contributed by atoms with E-state index in [9.17, 15) is 9.59 Å². The quantitative estimate of drug-likeness (QED) is 0.942. The van der Waals surface area contributed by atoms with Gasteiger partial charge in [-0.25, -0.2) is 0 Å². The topological polar surface area (TPSA) is 76.5 Å². The number of fused-ring (bicyclic) bond motifs is 2. The fraction of sp³-hybridized carbons (Fsp3) is 0.474. The predicted molar refractivity (Wildman–Crippen MR) is 90.4 cm³/mol. The van der Waals surface area contributed by atoms with Gasteiger partial charge in [0.05, 0.1) is 5.56 Å². The van der Waals surface area contributed by atoms with Crippen LogP contribution < -0.4 is 5.73 Å². The molecule has 2 aromatic rings. The van der Waals surface area contributed by atoms with Gasteiger partial charge in [0.1, 0.15) is 17.9 Å². The van der Waals surface area contributed by atoms with Crippen molar-refractivity contribution in [3.63, 3.8) is 0 Å². The molecule has 0 radical (unpaired) electrons. The van der Waals surface area contributed by atoms with Gasteiger partial charge in [0.2, 0.25) is 5.91 Å². The molecule has 0 unspecified atom stereocenters. The molecule has 1 saturated carbocycles. The number of carbonyl (C=O) groups excluding carboxylic acids is 2. The van der Waals surface area contributed by atoms with E-state index >= 15 is 0 Å². The summed E-state index contributed by atoms with van der Waals surface area (Å²) < 4.78 is 5.56. The highest BCUT2D eigenvalue weighted by Gasteiger charge is 2.49. The number of nitrogens with zero attached hydrogens (tertiary/aromatic N) is 1. The van der Waals surface area contributed by atoms with Crippen LogP contribution in [0.4, 0.5) is 0 Å². The first-order valence-corrected chi connectivity index (χ1v) is 8.70. The lowest BCUT2D eigenvalue weighted by Gasteiger charge is -2.24. The van der Waals surface area contributed by atoms with E-state index in [-0.39, 0.29) is 17.7 Å². The van der Waals surface area contributed by atoms with Crippen LogP contribution in [0.15, 0.2) is 28.9 Å². The highest BCUT2D eigenvalue weighted by molar-refractivity contribution is 6.07. The summed E-state index contributed by atoms with van der Waals surface area (Å²) >= 11 is 0. The normalized spacial score (nSPS) is 26.0. The average molecular weight is 326 g/mol. The lowest BCUT2D eigenvalue weighted by atomic mass is 9.93. The standard InChI is InChI=1S/C19H22N2O3/c1-2-11-6-7-16-14(8-11)15(10-24-16)19(23)21-9-12-4-3-5-13(12)17(21)18(20)22/h6-8,10,12-13,17H,2-5,9H2,1H3,(H2,20,22)/t12-,13-,17-/m0/s1. The van der Waals surface area contributed by atoms with Gasteiger partial charge in [-0.3, -0.25) is 9.59 Å². The maximum absolute atomic E-state index is 13.1. The number of likely N-dealkylation sites (tertiary alicyclic amines) is 1. The van der Waals surface area contributed by atoms with Gasteiger partial charge in [0.15, 0.2) is 0 Å². The van der Waals surface area contributed by atoms with E-state index in [2.05, 4.69) is 6.92 Å². The molecule has 1 aromatic heterocycles. The summed E-state index contributed by atoms with van der Waals surface area (Å²) in [5.41, 5.74) is 8.03. The maximum Gasteiger partial charge on any atom is 0.258 e. The number of nitrogens with two attached hydrogens (primary N) is 1. The van der Waals surface area contributed by atoms with E-state index in [1.54, 1.807) is 4.90 Å². The Bertz CT molecular complexity index is 810. The van der Waals surface area contributed by atoms with Crippen molar-refractivity contribution in [2.45, 2.75) is 38.6 Å². The van der Waals surface area contributed by atoms with E-state index in [1.807, 2.05) is 18.2 Å². The van der Waals surface area contributed by atoms with E-state index in [0.29, 0.717) is 23.6 Å². The third-order valence-corrected chi connectivity index (χ3v) is 5.72. The average Bonchev–Trinajstić information content (AvgIpc) is 3.26. The Kier molecular flexibility index (Phi) is 3.59. The molecular formula is C19H22N2O3. The Morgan fingerprint density at radius 2 is 2.17 bits per heavy atom. The van der Waals surface area contributed by atoms with Gasteiger partial charge in [-0.05, 0) is 48.8 Å². The van der Waals surface area contributed by atoms with Gasteiger partial charge in [-0.2, -0.15) is 0 Å². The number of amides is 2. The highest BCUT2D eigenvalue weighted by Crippen LogP contribution is 2.43. The van der Waals surface area contributed by atoms with E-state index < -0.39 is 6.04 Å². The number of furan rings is 1. The van der Waals surface area contributed by atoms with Gasteiger partial charge in [0.25, 0.3) is 5.91 Å². The Balaban J connectivity index is 1.72. The van der Waals surface area contributed by atoms with Crippen LogP contribution in [0.3, 0.4) is 0 Å². The van der Waals surface area contributed by atoms with Crippen LogP contribution in [-0.2, 0) is 11.2 Å². The second kappa shape index (κ2) is 5.65. The number of carbonyl (C=O) groups is 2. The Labute approximate surface area is 140 Å². The van der Waals surface area contributed by atoms with Crippen LogP contribution in [-0.4, -0.2) is 29.3 Å². The highest BCUT2D eigenvalue weighted by atomic mass is 16.3. The molecule has 3 atom stereocenters. The van der Waals surface area contributed by atoms with Crippen LogP contribution in [0.1, 0.15) is 42.1 Å². The van der Waals surface area contributed by atoms with Crippen molar-refractivity contribution < 1.29 is 14.0 Å². The van der Waals surface area contributed by atoms with Crippen LogP contribution in [0.25, 0.3) is 11.0 Å². The summed E-state index contributed by atoms with van der Waals surface area (Å²) in [4.78, 5) is 26.8. The van der Waals surface area contributed by atoms with Crippen molar-refractivity contribution in [2.24, 2.45) is 17.6 Å². The summed E-state index contributed by atoms with van der Waals surface area (Å²) in [6.45, 7) is 2.70. The molecule has 0 spiro atoms. The number of hydrogen-bond donors (Lipinski definition) is 1. The Morgan fingerprint density at radius 1 is 1.33 bits per heavy atom. The van der Waals surface area contributed by atoms with Crippen LogP contribution in [0.5, 0.6) is 0 Å². The summed E-state index contributed by atoms with van der Waals surface area (Å²) in [6.07, 6.45) is 5.58. The van der Waals surface area contributed by atoms with Crippen molar-refractivity contribution in [3.05, 3.63) is 35.6 Å². The largest absolute Gasteiger partial charge is 0.463 e. The number of benzene rings is 1. The zero-order valence-corrected chi connectivity index (χ0v) is 13.8. The summed E-state index contributed by atoms with van der Waals surface area (Å²) in [5.74, 6) is 0.0895. The molecule has 1 saturated heterocycles. The molecule has 24 heavy (non-hydrogen) atoms. The number of rotatable bonds is 3. The number of primary amides is 1. The second-order valence-electron chi connectivity index (χ2n) is 6.99. The van der Waals surface area contributed by atoms with Crippen molar-refractivity contribution in [1.29, 1.82) is 0 Å². The molecule has 1 aliphatic heterocycles. The lowest BCUT2D eigenvalue weighted by Crippen LogP contribution is -2.46. The number of aryl methyl sites for hydroxylation is 1. The zero-order chi connectivity index (χ0) is 16.8. The molecule has 0 bridgehead atoms. The van der Waals surface area contributed by atoms with Crippen molar-refractivity contribution in [1.82, 2.24) is 4.90 Å². The van der Waals surface area contributed by atoms with Gasteiger partial charge in [-0.15, -0.1) is 0 Å². The molecule has 4 rings (SSSR count). The molecule has 126 valence electrons. The molecule has 1 aromatic carbocycles. The molecular weight excluding hydrogens is 304 g/mol. The first kappa shape index (κ1) is 15.2. The predicted octanol–water partition coefficient (Wildman–Crippen LogP) is 2.72. The summed E-state index contributed by atoms with van der Waals surface area (Å²) in [6, 6.07) is 5.42. The van der Waals surface area contributed by atoms with Crippen LogP contribution >= 0.6 is 0 Å². The minimum Gasteiger partial charge on any atom is -0.463 e. The van der Waals surface area contributed by atoms with Crippen molar-refractivity contribution >= 4 is 22.8 Å². The van der Waals surface area contributed by atoms with Crippen LogP contribution in [0.2, 0.25) is 0 Å². The fourth-order valence-electron chi connectivity index (χ4n) is 4.50. The van der Waals surface area contributed by atoms with E-state index in [0.717, 1.165) is 36.6 Å². The molecule has 2 amide bonds. The Morgan fingerprint density at radius 3 is 2.92 bits per heavy atom. The molecule has 2 fully saturated rings. The summed E-state index contributed by atoms with van der Waals surface area (Å²) in [5, 5.41) is 0.819. The fourth-order valence-corrected chi connectivity index (χ4v) is 4.50.